The van der Waals surface area contributed by atoms with Crippen LogP contribution in [-0.2, 0) is 0 Å². The first-order valence-electron chi connectivity index (χ1n) is 5.78. The van der Waals surface area contributed by atoms with Gasteiger partial charge in [0.1, 0.15) is 5.56 Å². The SMILES string of the molecule is CCN(CCCO)C(=O)c1c(F)c(F)c(F)c(F)c1F. The van der Waals surface area contributed by atoms with Gasteiger partial charge in [-0.15, -0.1) is 0 Å². The Morgan fingerprint density at radius 3 is 1.85 bits per heavy atom. The van der Waals surface area contributed by atoms with Crippen molar-refractivity contribution in [2.24, 2.45) is 0 Å². The van der Waals surface area contributed by atoms with E-state index in [2.05, 4.69) is 0 Å². The molecule has 0 heterocycles. The number of carbonyl (C=O) groups excluding carboxylic acids is 1. The van der Waals surface area contributed by atoms with E-state index in [1.54, 1.807) is 0 Å². The van der Waals surface area contributed by atoms with Crippen molar-refractivity contribution in [2.45, 2.75) is 13.3 Å². The first-order valence-corrected chi connectivity index (χ1v) is 5.78. The van der Waals surface area contributed by atoms with Gasteiger partial charge in [0.15, 0.2) is 23.3 Å². The van der Waals surface area contributed by atoms with Crippen molar-refractivity contribution in [2.75, 3.05) is 19.7 Å². The first-order chi connectivity index (χ1) is 9.36. The zero-order chi connectivity index (χ0) is 15.4. The maximum atomic E-state index is 13.5. The largest absolute Gasteiger partial charge is 0.396 e. The van der Waals surface area contributed by atoms with Crippen molar-refractivity contribution < 1.29 is 31.9 Å². The third-order valence-corrected chi connectivity index (χ3v) is 2.68. The monoisotopic (exact) mass is 297 g/mol. The summed E-state index contributed by atoms with van der Waals surface area (Å²) in [4.78, 5) is 12.7. The molecule has 0 spiro atoms. The molecule has 0 unspecified atom stereocenters. The zero-order valence-corrected chi connectivity index (χ0v) is 10.5. The van der Waals surface area contributed by atoms with Crippen molar-refractivity contribution in [1.82, 2.24) is 4.90 Å². The third kappa shape index (κ3) is 2.90. The van der Waals surface area contributed by atoms with Gasteiger partial charge in [-0.1, -0.05) is 0 Å². The van der Waals surface area contributed by atoms with Crippen LogP contribution < -0.4 is 0 Å². The van der Waals surface area contributed by atoms with Crippen molar-refractivity contribution in [1.29, 1.82) is 0 Å². The van der Waals surface area contributed by atoms with Crippen molar-refractivity contribution >= 4 is 5.91 Å². The Morgan fingerprint density at radius 2 is 1.45 bits per heavy atom. The van der Waals surface area contributed by atoms with Gasteiger partial charge in [0, 0.05) is 19.7 Å². The van der Waals surface area contributed by atoms with Crippen LogP contribution in [0.4, 0.5) is 22.0 Å². The van der Waals surface area contributed by atoms with Gasteiger partial charge in [0.2, 0.25) is 5.82 Å². The molecule has 3 nitrogen and oxygen atoms in total. The second kappa shape index (κ2) is 6.65. The molecule has 112 valence electrons. The Kier molecular flexibility index (Phi) is 5.43. The Morgan fingerprint density at radius 1 is 1.00 bits per heavy atom. The van der Waals surface area contributed by atoms with Crippen LogP contribution in [0.2, 0.25) is 0 Å². The lowest BCUT2D eigenvalue weighted by atomic mass is 10.1. The Hall–Kier alpha value is -1.70. The molecule has 0 fully saturated rings. The number of halogens is 5. The van der Waals surface area contributed by atoms with Crippen LogP contribution in [0, 0.1) is 29.1 Å². The van der Waals surface area contributed by atoms with Crippen molar-refractivity contribution in [3.63, 3.8) is 0 Å². The van der Waals surface area contributed by atoms with Crippen molar-refractivity contribution in [3.8, 4) is 0 Å². The predicted octanol–water partition coefficient (Wildman–Crippen LogP) is 2.23. The van der Waals surface area contributed by atoms with Gasteiger partial charge in [-0.05, 0) is 13.3 Å². The van der Waals surface area contributed by atoms with E-state index in [1.807, 2.05) is 0 Å². The summed E-state index contributed by atoms with van der Waals surface area (Å²) in [5.41, 5.74) is -1.49. The van der Waals surface area contributed by atoms with E-state index < -0.39 is 40.6 Å². The molecule has 1 aromatic rings. The summed E-state index contributed by atoms with van der Waals surface area (Å²) in [6, 6.07) is 0. The summed E-state index contributed by atoms with van der Waals surface area (Å²) in [6.45, 7) is 1.13. The lowest BCUT2D eigenvalue weighted by molar-refractivity contribution is 0.0741. The van der Waals surface area contributed by atoms with E-state index in [4.69, 9.17) is 5.11 Å². The van der Waals surface area contributed by atoms with Crippen LogP contribution in [0.15, 0.2) is 0 Å². The molecule has 20 heavy (non-hydrogen) atoms. The molecule has 0 aliphatic rings. The Balaban J connectivity index is 3.28. The number of hydrogen-bond donors (Lipinski definition) is 1. The molecule has 0 radical (unpaired) electrons. The fraction of sp³-hybridized carbons (Fsp3) is 0.417. The number of nitrogens with zero attached hydrogens (tertiary/aromatic N) is 1. The Bertz CT molecular complexity index is 492. The average Bonchev–Trinajstić information content (AvgIpc) is 2.44. The highest BCUT2D eigenvalue weighted by molar-refractivity contribution is 5.94. The topological polar surface area (TPSA) is 40.5 Å². The number of aliphatic hydroxyl groups is 1. The van der Waals surface area contributed by atoms with E-state index >= 15 is 0 Å². The quantitative estimate of drug-likeness (QED) is 0.514. The number of carbonyl (C=O) groups is 1. The van der Waals surface area contributed by atoms with Gasteiger partial charge in [-0.25, -0.2) is 22.0 Å². The van der Waals surface area contributed by atoms with E-state index in [9.17, 15) is 26.7 Å². The summed E-state index contributed by atoms with van der Waals surface area (Å²) < 4.78 is 65.8. The molecule has 0 aliphatic carbocycles. The van der Waals surface area contributed by atoms with Crippen LogP contribution in [0.25, 0.3) is 0 Å². The van der Waals surface area contributed by atoms with Gasteiger partial charge >= 0.3 is 0 Å². The van der Waals surface area contributed by atoms with Crippen molar-refractivity contribution in [3.05, 3.63) is 34.6 Å². The summed E-state index contributed by atoms with van der Waals surface area (Å²) in [5, 5.41) is 8.64. The molecule has 0 saturated heterocycles. The molecule has 1 amide bonds. The van der Waals surface area contributed by atoms with E-state index in [1.165, 1.54) is 6.92 Å². The van der Waals surface area contributed by atoms with E-state index in [0.29, 0.717) is 0 Å². The zero-order valence-electron chi connectivity index (χ0n) is 10.5. The summed E-state index contributed by atoms with van der Waals surface area (Å²) in [6.07, 6.45) is 0.120. The normalized spacial score (nSPS) is 10.8. The molecule has 1 aromatic carbocycles. The minimum absolute atomic E-state index is 0.00166. The highest BCUT2D eigenvalue weighted by atomic mass is 19.2. The molecule has 0 aliphatic heterocycles. The van der Waals surface area contributed by atoms with Gasteiger partial charge < -0.3 is 10.0 Å². The van der Waals surface area contributed by atoms with Gasteiger partial charge in [0.25, 0.3) is 5.91 Å². The summed E-state index contributed by atoms with van der Waals surface area (Å²) >= 11 is 0. The standard InChI is InChI=1S/C12H12F5NO2/c1-2-18(4-3-5-19)12(20)6-7(13)9(15)11(17)10(16)8(6)14/h19H,2-5H2,1H3. The average molecular weight is 297 g/mol. The first kappa shape index (κ1) is 16.4. The van der Waals surface area contributed by atoms with Gasteiger partial charge in [0.05, 0.1) is 0 Å². The lowest BCUT2D eigenvalue weighted by Gasteiger charge is -2.21. The smallest absolute Gasteiger partial charge is 0.260 e. The molecule has 0 saturated carbocycles. The molecule has 8 heteroatoms. The van der Waals surface area contributed by atoms with Crippen LogP contribution in [0.1, 0.15) is 23.7 Å². The van der Waals surface area contributed by atoms with Crippen LogP contribution in [-0.4, -0.2) is 35.6 Å². The number of aliphatic hydroxyl groups excluding tert-OH is 1. The molecular formula is C12H12F5NO2. The van der Waals surface area contributed by atoms with Crippen LogP contribution >= 0.6 is 0 Å². The fourth-order valence-corrected chi connectivity index (χ4v) is 1.62. The number of benzene rings is 1. The maximum Gasteiger partial charge on any atom is 0.260 e. The van der Waals surface area contributed by atoms with E-state index in [-0.39, 0.29) is 26.1 Å². The number of amides is 1. The molecule has 0 aromatic heterocycles. The molecule has 0 atom stereocenters. The minimum atomic E-state index is -2.31. The number of hydrogen-bond acceptors (Lipinski definition) is 2. The van der Waals surface area contributed by atoms with Crippen LogP contribution in [0.5, 0.6) is 0 Å². The lowest BCUT2D eigenvalue weighted by Crippen LogP contribution is -2.34. The minimum Gasteiger partial charge on any atom is -0.396 e. The fourth-order valence-electron chi connectivity index (χ4n) is 1.62. The molecule has 1 N–H and O–H groups in total. The summed E-state index contributed by atoms with van der Waals surface area (Å²) in [5.74, 6) is -12.3. The molecular weight excluding hydrogens is 285 g/mol. The molecule has 0 bridgehead atoms. The van der Waals surface area contributed by atoms with Gasteiger partial charge in [-0.2, -0.15) is 0 Å². The summed E-state index contributed by atoms with van der Waals surface area (Å²) in [7, 11) is 0. The highest BCUT2D eigenvalue weighted by Crippen LogP contribution is 2.24. The third-order valence-electron chi connectivity index (χ3n) is 2.68. The highest BCUT2D eigenvalue weighted by Gasteiger charge is 2.31. The van der Waals surface area contributed by atoms with E-state index in [0.717, 1.165) is 4.90 Å². The second-order valence-corrected chi connectivity index (χ2v) is 3.91. The predicted molar refractivity (Wildman–Crippen MR) is 59.5 cm³/mol. The maximum absolute atomic E-state index is 13.5. The second-order valence-electron chi connectivity index (χ2n) is 3.91. The van der Waals surface area contributed by atoms with Gasteiger partial charge in [-0.3, -0.25) is 4.79 Å². The van der Waals surface area contributed by atoms with Crippen LogP contribution in [0.3, 0.4) is 0 Å². The molecule has 1 rings (SSSR count). The Labute approximate surface area is 111 Å². The number of rotatable bonds is 5.